The van der Waals surface area contributed by atoms with Gasteiger partial charge in [0.1, 0.15) is 42.7 Å². The number of nitrogens with zero attached hydrogens (tertiary/aromatic N) is 1. The zero-order valence-corrected chi connectivity index (χ0v) is 28.3. The normalized spacial score (nSPS) is 35.5. The number of carbonyl (C=O) groups is 3. The van der Waals surface area contributed by atoms with Crippen LogP contribution in [0.25, 0.3) is 0 Å². The van der Waals surface area contributed by atoms with E-state index >= 15 is 0 Å². The van der Waals surface area contributed by atoms with Gasteiger partial charge in [0, 0.05) is 26.5 Å². The second-order valence-corrected chi connectivity index (χ2v) is 12.6. The molecule has 0 spiro atoms. The van der Waals surface area contributed by atoms with E-state index in [1.165, 1.54) is 25.9 Å². The molecule has 0 aromatic carbocycles. The summed E-state index contributed by atoms with van der Waals surface area (Å²) in [6.07, 6.45) is -8.84. The van der Waals surface area contributed by atoms with Crippen molar-refractivity contribution >= 4 is 17.8 Å². The predicted molar refractivity (Wildman–Crippen MR) is 166 cm³/mol. The van der Waals surface area contributed by atoms with Crippen LogP contribution in [0, 0.1) is 0 Å². The Bertz CT molecular complexity index is 1020. The van der Waals surface area contributed by atoms with Gasteiger partial charge in [0.2, 0.25) is 5.91 Å². The number of methoxy groups -OCH3 is 1. The van der Waals surface area contributed by atoms with E-state index < -0.39 is 98.8 Å². The molecule has 18 heteroatoms. The van der Waals surface area contributed by atoms with Crippen LogP contribution >= 0.6 is 0 Å². The molecule has 0 aliphatic carbocycles. The van der Waals surface area contributed by atoms with E-state index in [9.17, 15) is 45.0 Å². The second kappa shape index (κ2) is 20.7. The van der Waals surface area contributed by atoms with Crippen molar-refractivity contribution in [1.82, 2.24) is 10.2 Å². The number of aliphatic hydroxyl groups excluding tert-OH is 5. The molecule has 0 bridgehead atoms. The minimum atomic E-state index is -1.72. The van der Waals surface area contributed by atoms with Crippen molar-refractivity contribution in [3.63, 3.8) is 0 Å². The average Bonchev–Trinajstić information content (AvgIpc) is 3.06. The van der Waals surface area contributed by atoms with Crippen molar-refractivity contribution in [1.29, 1.82) is 0 Å². The molecule has 0 saturated carbocycles. The quantitative estimate of drug-likeness (QED) is 0.0556. The molecule has 0 aromatic heterocycles. The molecule has 3 heterocycles. The summed E-state index contributed by atoms with van der Waals surface area (Å²) in [5.41, 5.74) is 0. The van der Waals surface area contributed by atoms with Crippen molar-refractivity contribution in [2.75, 3.05) is 46.6 Å². The minimum Gasteiger partial charge on any atom is -0.480 e. The molecule has 3 saturated heterocycles. The highest BCUT2D eigenvalue weighted by Crippen LogP contribution is 2.32. The molecule has 12 atom stereocenters. The van der Waals surface area contributed by atoms with Gasteiger partial charge in [-0.05, 0) is 19.8 Å². The first kappa shape index (κ1) is 41.4. The Morgan fingerprint density at radius 2 is 1.53 bits per heavy atom. The molecule has 7 N–H and O–H groups in total. The molecule has 49 heavy (non-hydrogen) atoms. The number of rotatable bonds is 19. The number of amides is 1. The third kappa shape index (κ3) is 12.6. The summed E-state index contributed by atoms with van der Waals surface area (Å²) in [6.45, 7) is 1.61. The number of hydrogen-bond donors (Lipinski definition) is 7. The van der Waals surface area contributed by atoms with Crippen molar-refractivity contribution in [3.8, 4) is 0 Å². The van der Waals surface area contributed by atoms with E-state index in [0.29, 0.717) is 12.8 Å². The lowest BCUT2D eigenvalue weighted by Crippen LogP contribution is -2.69. The Balaban J connectivity index is 1.79. The number of unbranched alkanes of at least 4 members (excludes halogenated alkanes) is 5. The number of hydrogen-bond acceptors (Lipinski definition) is 16. The van der Waals surface area contributed by atoms with E-state index in [-0.39, 0.29) is 32.2 Å². The van der Waals surface area contributed by atoms with Gasteiger partial charge in [-0.25, -0.2) is 0 Å². The fourth-order valence-corrected chi connectivity index (χ4v) is 6.11. The van der Waals surface area contributed by atoms with E-state index in [1.807, 2.05) is 0 Å². The van der Waals surface area contributed by atoms with Crippen LogP contribution in [0.15, 0.2) is 0 Å². The lowest BCUT2D eigenvalue weighted by molar-refractivity contribution is -0.359. The fourth-order valence-electron chi connectivity index (χ4n) is 6.11. The van der Waals surface area contributed by atoms with Crippen LogP contribution in [-0.2, 0) is 47.5 Å². The minimum absolute atomic E-state index is 0.0396. The van der Waals surface area contributed by atoms with Crippen LogP contribution < -0.4 is 5.32 Å². The third-order valence-electron chi connectivity index (χ3n) is 8.67. The Hall–Kier alpha value is -2.07. The summed E-state index contributed by atoms with van der Waals surface area (Å²) in [5, 5.41) is 63.8. The second-order valence-electron chi connectivity index (χ2n) is 12.6. The number of carboxylic acid groups (broad SMARTS) is 1. The number of aliphatic hydroxyl groups is 5. The van der Waals surface area contributed by atoms with Crippen molar-refractivity contribution in [2.45, 2.75) is 133 Å². The van der Waals surface area contributed by atoms with E-state index in [0.717, 1.165) is 32.1 Å². The molecule has 3 rings (SSSR count). The van der Waals surface area contributed by atoms with Gasteiger partial charge in [0.05, 0.1) is 45.6 Å². The number of carboxylic acids is 1. The van der Waals surface area contributed by atoms with Crippen LogP contribution in [-0.4, -0.2) is 174 Å². The van der Waals surface area contributed by atoms with Crippen LogP contribution in [0.3, 0.4) is 0 Å². The maximum atomic E-state index is 12.5. The summed E-state index contributed by atoms with van der Waals surface area (Å²) in [5.74, 6) is -1.84. The molecule has 0 radical (unpaired) electrons. The molecule has 3 fully saturated rings. The standard InChI is InChI=1S/C31H54N2O16/c1-17-25(40)26(41)27(42)31(45-17)49-29-24(32-18(2)36)30(44-11-9-7-5-4-6-8-10-22(39)43-3)47-20(16-35)28(29)48-23-14-33(13-21(37)38)12-19(15-34)46-23/h17,19-20,23-31,34-35,40-42H,4-16H2,1-3H3,(H,32,36)(H,37,38)/t17-,19-,20+,23-,24+,25+,26+,27-,28+,29+,30+,31-/m0/s1. The molecule has 284 valence electrons. The number of nitrogens with one attached hydrogen (secondary N) is 1. The van der Waals surface area contributed by atoms with Crippen molar-refractivity contribution in [3.05, 3.63) is 0 Å². The zero-order chi connectivity index (χ0) is 36.1. The van der Waals surface area contributed by atoms with Gasteiger partial charge in [0.15, 0.2) is 18.9 Å². The zero-order valence-electron chi connectivity index (χ0n) is 28.3. The molecule has 1 amide bonds. The number of morpholine rings is 1. The summed E-state index contributed by atoms with van der Waals surface area (Å²) >= 11 is 0. The molecule has 0 unspecified atom stereocenters. The predicted octanol–water partition coefficient (Wildman–Crippen LogP) is -2.17. The summed E-state index contributed by atoms with van der Waals surface area (Å²) < 4.78 is 40.8. The van der Waals surface area contributed by atoms with Crippen molar-refractivity contribution in [2.24, 2.45) is 0 Å². The largest absolute Gasteiger partial charge is 0.480 e. The monoisotopic (exact) mass is 710 g/mol. The lowest BCUT2D eigenvalue weighted by Gasteiger charge is -2.49. The summed E-state index contributed by atoms with van der Waals surface area (Å²) in [6, 6.07) is -1.12. The Labute approximate surface area is 285 Å². The Kier molecular flexibility index (Phi) is 17.5. The first-order valence-electron chi connectivity index (χ1n) is 16.8. The number of esters is 1. The highest BCUT2D eigenvalue weighted by Gasteiger charge is 2.53. The van der Waals surface area contributed by atoms with Crippen LogP contribution in [0.2, 0.25) is 0 Å². The maximum absolute atomic E-state index is 12.5. The van der Waals surface area contributed by atoms with E-state index in [4.69, 9.17) is 28.4 Å². The number of aliphatic carboxylic acids is 1. The highest BCUT2D eigenvalue weighted by atomic mass is 16.8. The first-order chi connectivity index (χ1) is 23.4. The van der Waals surface area contributed by atoms with Gasteiger partial charge in [-0.3, -0.25) is 19.3 Å². The Morgan fingerprint density at radius 3 is 2.16 bits per heavy atom. The average molecular weight is 711 g/mol. The smallest absolute Gasteiger partial charge is 0.317 e. The van der Waals surface area contributed by atoms with E-state index in [2.05, 4.69) is 10.1 Å². The van der Waals surface area contributed by atoms with Gasteiger partial charge in [-0.1, -0.05) is 25.7 Å². The van der Waals surface area contributed by atoms with Gasteiger partial charge in [-0.2, -0.15) is 0 Å². The lowest BCUT2D eigenvalue weighted by atomic mass is 9.95. The summed E-state index contributed by atoms with van der Waals surface area (Å²) in [4.78, 5) is 36.7. The van der Waals surface area contributed by atoms with Gasteiger partial charge in [-0.15, -0.1) is 0 Å². The molecule has 0 aromatic rings. The first-order valence-corrected chi connectivity index (χ1v) is 16.8. The van der Waals surface area contributed by atoms with E-state index in [1.54, 1.807) is 0 Å². The molecular weight excluding hydrogens is 656 g/mol. The van der Waals surface area contributed by atoms with Crippen molar-refractivity contribution < 1.29 is 78.2 Å². The van der Waals surface area contributed by atoms with Crippen LogP contribution in [0.5, 0.6) is 0 Å². The third-order valence-corrected chi connectivity index (χ3v) is 8.67. The van der Waals surface area contributed by atoms with Gasteiger partial charge in [0.25, 0.3) is 0 Å². The van der Waals surface area contributed by atoms with Gasteiger partial charge >= 0.3 is 11.9 Å². The molecule has 3 aliphatic rings. The highest BCUT2D eigenvalue weighted by molar-refractivity contribution is 5.73. The topological polar surface area (TPSA) is 252 Å². The summed E-state index contributed by atoms with van der Waals surface area (Å²) in [7, 11) is 1.36. The molecular formula is C31H54N2O16. The van der Waals surface area contributed by atoms with Crippen LogP contribution in [0.4, 0.5) is 0 Å². The SMILES string of the molecule is COC(=O)CCCCCCCCO[C@@H]1O[C@H](CO)[C@@H](O[C@H]2CN(CC(=O)O)C[C@@H](CO)O2)[C@H](O[C@@H]2O[C@@H](C)[C@@H](O)[C@@H](O)[C@@H]2O)[C@H]1NC(C)=O. The Morgan fingerprint density at radius 1 is 0.837 bits per heavy atom. The maximum Gasteiger partial charge on any atom is 0.317 e. The molecule has 18 nitrogen and oxygen atoms in total. The number of ether oxygens (including phenoxy) is 7. The van der Waals surface area contributed by atoms with Crippen LogP contribution in [0.1, 0.15) is 58.8 Å². The van der Waals surface area contributed by atoms with Gasteiger partial charge < -0.3 is 69.1 Å². The number of carbonyl (C=O) groups excluding carboxylic acids is 2. The molecule has 3 aliphatic heterocycles. The fraction of sp³-hybridized carbons (Fsp3) is 0.903.